The molecule has 1 atom stereocenters. The molecular weight excluding hydrogens is 196 g/mol. The largest absolute Gasteiger partial charge is 0.465 e. The first kappa shape index (κ1) is 11.7. The second-order valence-corrected chi connectivity index (χ2v) is 9.77. The van der Waals surface area contributed by atoms with Crippen LogP contribution < -0.4 is 0 Å². The molecule has 1 rings (SSSR count). The van der Waals surface area contributed by atoms with Gasteiger partial charge >= 0.3 is 5.97 Å². The Morgan fingerprint density at radius 3 is 2.50 bits per heavy atom. The highest BCUT2D eigenvalue weighted by molar-refractivity contribution is 6.72. The molecule has 0 spiro atoms. The first-order valence-corrected chi connectivity index (χ1v) is 8.08. The Morgan fingerprint density at radius 2 is 2.14 bits per heavy atom. The molecule has 0 aromatic carbocycles. The lowest BCUT2D eigenvalue weighted by atomic mass is 9.95. The molecule has 3 nitrogen and oxygen atoms in total. The second kappa shape index (κ2) is 3.66. The van der Waals surface area contributed by atoms with E-state index in [2.05, 4.69) is 0 Å². The summed E-state index contributed by atoms with van der Waals surface area (Å²) in [7, 11) is -2.19. The Bertz CT molecular complexity index is 230. The third-order valence-electron chi connectivity index (χ3n) is 3.46. The maximum absolute atomic E-state index is 11.3. The molecule has 0 radical (unpaired) electrons. The topological polar surface area (TPSA) is 46.5 Å². The monoisotopic (exact) mass is 216 g/mol. The van der Waals surface area contributed by atoms with Gasteiger partial charge in [0, 0.05) is 0 Å². The van der Waals surface area contributed by atoms with Gasteiger partial charge in [-0.25, -0.2) is 0 Å². The van der Waals surface area contributed by atoms with Gasteiger partial charge in [0.25, 0.3) is 0 Å². The zero-order chi connectivity index (χ0) is 11.0. The molecule has 1 saturated heterocycles. The van der Waals surface area contributed by atoms with E-state index in [0.29, 0.717) is 6.61 Å². The Balaban J connectivity index is 2.63. The first-order chi connectivity index (χ1) is 6.24. The van der Waals surface area contributed by atoms with Gasteiger partial charge in [0.1, 0.15) is 0 Å². The summed E-state index contributed by atoms with van der Waals surface area (Å²) in [4.78, 5) is 21.4. The van der Waals surface area contributed by atoms with Crippen LogP contribution in [0.4, 0.5) is 0 Å². The molecule has 0 bridgehead atoms. The van der Waals surface area contributed by atoms with Crippen LogP contribution in [0.1, 0.15) is 26.7 Å². The lowest BCUT2D eigenvalue weighted by Crippen LogP contribution is -2.40. The highest BCUT2D eigenvalue weighted by Crippen LogP contribution is 2.43. The normalized spacial score (nSPS) is 23.8. The van der Waals surface area contributed by atoms with E-state index in [0.717, 1.165) is 12.8 Å². The van der Waals surface area contributed by atoms with Crippen LogP contribution in [0.15, 0.2) is 0 Å². The van der Waals surface area contributed by atoms with E-state index in [9.17, 15) is 9.59 Å². The highest BCUT2D eigenvalue weighted by Gasteiger charge is 2.42. The fraction of sp³-hybridized carbons (Fsp3) is 0.900. The van der Waals surface area contributed by atoms with Crippen molar-refractivity contribution in [3.05, 3.63) is 0 Å². The van der Waals surface area contributed by atoms with Crippen LogP contribution in [-0.2, 0) is 9.53 Å². The van der Waals surface area contributed by atoms with Crippen molar-refractivity contribution in [1.29, 1.82) is 0 Å². The SMILES string of the molecule is CC(C)(C[C@H]1CCOC1=O)[Si](C)(C)O. The Morgan fingerprint density at radius 1 is 1.57 bits per heavy atom. The molecule has 14 heavy (non-hydrogen) atoms. The van der Waals surface area contributed by atoms with E-state index in [-0.39, 0.29) is 16.9 Å². The molecule has 0 unspecified atom stereocenters. The van der Waals surface area contributed by atoms with Crippen molar-refractivity contribution in [3.63, 3.8) is 0 Å². The van der Waals surface area contributed by atoms with Gasteiger partial charge in [-0.15, -0.1) is 0 Å². The summed E-state index contributed by atoms with van der Waals surface area (Å²) < 4.78 is 4.92. The van der Waals surface area contributed by atoms with Crippen molar-refractivity contribution >= 4 is 14.3 Å². The van der Waals surface area contributed by atoms with Gasteiger partial charge in [0.05, 0.1) is 12.5 Å². The molecule has 82 valence electrons. The molecule has 0 aromatic heterocycles. The van der Waals surface area contributed by atoms with Crippen LogP contribution in [0.25, 0.3) is 0 Å². The summed E-state index contributed by atoms with van der Waals surface area (Å²) in [5, 5.41) is -0.124. The second-order valence-electron chi connectivity index (χ2n) is 5.30. The standard InChI is InChI=1S/C10H20O3Si/c1-10(2,14(3,4)12)7-8-5-6-13-9(8)11/h8,12H,5-7H2,1-4H3/t8-/m1/s1. The Labute approximate surface area is 86.6 Å². The number of rotatable bonds is 3. The molecule has 1 heterocycles. The number of ether oxygens (including phenoxy) is 1. The third kappa shape index (κ3) is 2.36. The van der Waals surface area contributed by atoms with Crippen LogP contribution in [0.5, 0.6) is 0 Å². The summed E-state index contributed by atoms with van der Waals surface area (Å²) in [6, 6.07) is 0. The molecule has 4 heteroatoms. The van der Waals surface area contributed by atoms with E-state index in [1.54, 1.807) is 0 Å². The third-order valence-corrected chi connectivity index (χ3v) is 6.97. The highest BCUT2D eigenvalue weighted by atomic mass is 28.4. The van der Waals surface area contributed by atoms with Crippen LogP contribution in [0.3, 0.4) is 0 Å². The molecule has 0 aromatic rings. The molecule has 1 fully saturated rings. The number of cyclic esters (lactones) is 1. The maximum atomic E-state index is 11.3. The van der Waals surface area contributed by atoms with Crippen LogP contribution in [0.2, 0.25) is 18.1 Å². The molecule has 0 saturated carbocycles. The number of carbonyl (C=O) groups is 1. The zero-order valence-corrected chi connectivity index (χ0v) is 10.5. The van der Waals surface area contributed by atoms with Crippen molar-refractivity contribution in [2.24, 2.45) is 5.92 Å². The van der Waals surface area contributed by atoms with Gasteiger partial charge < -0.3 is 9.53 Å². The van der Waals surface area contributed by atoms with Crippen LogP contribution >= 0.6 is 0 Å². The first-order valence-electron chi connectivity index (χ1n) is 5.13. The number of carbonyl (C=O) groups excluding carboxylic acids is 1. The van der Waals surface area contributed by atoms with E-state index in [4.69, 9.17) is 4.74 Å². The van der Waals surface area contributed by atoms with E-state index < -0.39 is 8.32 Å². The summed E-state index contributed by atoms with van der Waals surface area (Å²) in [6.07, 6.45) is 1.56. The fourth-order valence-corrected chi connectivity index (χ4v) is 2.33. The molecule has 0 amide bonds. The predicted molar refractivity (Wildman–Crippen MR) is 57.4 cm³/mol. The van der Waals surface area contributed by atoms with Gasteiger partial charge in [-0.1, -0.05) is 13.8 Å². The number of hydrogen-bond donors (Lipinski definition) is 1. The average Bonchev–Trinajstić information content (AvgIpc) is 2.33. The molecule has 1 aliphatic heterocycles. The van der Waals surface area contributed by atoms with Crippen molar-refractivity contribution < 1.29 is 14.3 Å². The van der Waals surface area contributed by atoms with E-state index >= 15 is 0 Å². The van der Waals surface area contributed by atoms with Crippen LogP contribution in [0, 0.1) is 5.92 Å². The fourth-order valence-electron chi connectivity index (χ4n) is 1.59. The number of hydrogen-bond acceptors (Lipinski definition) is 3. The lowest BCUT2D eigenvalue weighted by Gasteiger charge is -2.36. The lowest BCUT2D eigenvalue weighted by molar-refractivity contribution is -0.141. The van der Waals surface area contributed by atoms with Gasteiger partial charge in [0.15, 0.2) is 8.32 Å². The van der Waals surface area contributed by atoms with Crippen molar-refractivity contribution in [2.45, 2.75) is 44.8 Å². The molecule has 0 aliphatic carbocycles. The van der Waals surface area contributed by atoms with Gasteiger partial charge in [0.2, 0.25) is 0 Å². The zero-order valence-electron chi connectivity index (χ0n) is 9.46. The minimum atomic E-state index is -2.19. The summed E-state index contributed by atoms with van der Waals surface area (Å²) >= 11 is 0. The quantitative estimate of drug-likeness (QED) is 0.579. The summed E-state index contributed by atoms with van der Waals surface area (Å²) in [5.74, 6) is -0.0831. The minimum Gasteiger partial charge on any atom is -0.465 e. The Hall–Kier alpha value is -0.353. The van der Waals surface area contributed by atoms with E-state index in [1.807, 2.05) is 26.9 Å². The van der Waals surface area contributed by atoms with Gasteiger partial charge in [-0.05, 0) is 31.0 Å². The average molecular weight is 216 g/mol. The maximum Gasteiger partial charge on any atom is 0.309 e. The Kier molecular flexibility index (Phi) is 3.06. The van der Waals surface area contributed by atoms with Gasteiger partial charge in [-0.3, -0.25) is 4.79 Å². The molecular formula is C10H20O3Si. The van der Waals surface area contributed by atoms with Gasteiger partial charge in [-0.2, -0.15) is 0 Å². The number of esters is 1. The smallest absolute Gasteiger partial charge is 0.309 e. The predicted octanol–water partition coefficient (Wildman–Crippen LogP) is 1.92. The summed E-state index contributed by atoms with van der Waals surface area (Å²) in [5.41, 5.74) is 0. The van der Waals surface area contributed by atoms with Crippen molar-refractivity contribution in [3.8, 4) is 0 Å². The molecule has 1 N–H and O–H groups in total. The van der Waals surface area contributed by atoms with E-state index in [1.165, 1.54) is 0 Å². The summed E-state index contributed by atoms with van der Waals surface area (Å²) in [6.45, 7) is 8.49. The molecule has 1 aliphatic rings. The van der Waals surface area contributed by atoms with Crippen molar-refractivity contribution in [1.82, 2.24) is 0 Å². The van der Waals surface area contributed by atoms with Crippen LogP contribution in [-0.4, -0.2) is 25.7 Å². The minimum absolute atomic E-state index is 0.00363. The van der Waals surface area contributed by atoms with Crippen molar-refractivity contribution in [2.75, 3.05) is 6.61 Å².